The number of nitrogens with zero attached hydrogens (tertiary/aromatic N) is 2. The van der Waals surface area contributed by atoms with E-state index in [0.29, 0.717) is 12.6 Å². The molecule has 0 saturated carbocycles. The van der Waals surface area contributed by atoms with Crippen molar-refractivity contribution in [2.45, 2.75) is 39.3 Å². The van der Waals surface area contributed by atoms with Crippen molar-refractivity contribution < 1.29 is 4.79 Å². The molecular weight excluding hydrogens is 310 g/mol. The zero-order valence-corrected chi connectivity index (χ0v) is 15.4. The molecule has 23 heavy (non-hydrogen) atoms. The topological polar surface area (TPSA) is 35.6 Å². The summed E-state index contributed by atoms with van der Waals surface area (Å²) in [6, 6.07) is 8.33. The van der Waals surface area contributed by atoms with Crippen LogP contribution >= 0.6 is 11.6 Å². The van der Waals surface area contributed by atoms with Crippen molar-refractivity contribution in [2.24, 2.45) is 0 Å². The minimum Gasteiger partial charge on any atom is -0.350 e. The molecule has 0 radical (unpaired) electrons. The van der Waals surface area contributed by atoms with Gasteiger partial charge in [-0.1, -0.05) is 29.8 Å². The van der Waals surface area contributed by atoms with Gasteiger partial charge in [-0.2, -0.15) is 0 Å². The van der Waals surface area contributed by atoms with Crippen LogP contribution in [-0.2, 0) is 4.79 Å². The number of benzene rings is 1. The molecule has 1 fully saturated rings. The van der Waals surface area contributed by atoms with Crippen LogP contribution in [0.4, 0.5) is 0 Å². The summed E-state index contributed by atoms with van der Waals surface area (Å²) >= 11 is 6.31. The molecule has 5 heteroatoms. The Morgan fingerprint density at radius 2 is 1.83 bits per heavy atom. The fraction of sp³-hybridized carbons (Fsp3) is 0.611. The second kappa shape index (κ2) is 7.65. The number of rotatable bonds is 4. The lowest BCUT2D eigenvalue weighted by Crippen LogP contribution is -2.52. The number of piperazine rings is 1. The van der Waals surface area contributed by atoms with Crippen molar-refractivity contribution in [3.63, 3.8) is 0 Å². The number of amides is 1. The van der Waals surface area contributed by atoms with Gasteiger partial charge in [-0.25, -0.2) is 0 Å². The molecule has 1 aliphatic heterocycles. The highest BCUT2D eigenvalue weighted by Crippen LogP contribution is 2.27. The highest BCUT2D eigenvalue weighted by Gasteiger charge is 2.25. The molecule has 1 aromatic rings. The Kier molecular flexibility index (Phi) is 6.06. The Morgan fingerprint density at radius 1 is 1.22 bits per heavy atom. The fourth-order valence-electron chi connectivity index (χ4n) is 2.98. The average molecular weight is 338 g/mol. The van der Waals surface area contributed by atoms with Gasteiger partial charge in [0.1, 0.15) is 0 Å². The standard InChI is InChI=1S/C18H28ClN3O/c1-14(15-7-5-6-8-16(15)19)22-11-9-21(10-12-22)13-17(23)20-18(2,3)4/h5-8,14H,9-13H2,1-4H3,(H,20,23). The van der Waals surface area contributed by atoms with Gasteiger partial charge in [0, 0.05) is 42.8 Å². The average Bonchev–Trinajstić information content (AvgIpc) is 2.46. The third kappa shape index (κ3) is 5.48. The zero-order valence-electron chi connectivity index (χ0n) is 14.6. The van der Waals surface area contributed by atoms with Crippen molar-refractivity contribution >= 4 is 17.5 Å². The maximum atomic E-state index is 12.0. The lowest BCUT2D eigenvalue weighted by molar-refractivity contribution is -0.124. The number of carbonyl (C=O) groups is 1. The molecule has 128 valence electrons. The molecule has 1 atom stereocenters. The Balaban J connectivity index is 1.84. The molecule has 0 aliphatic carbocycles. The van der Waals surface area contributed by atoms with Crippen LogP contribution in [0.5, 0.6) is 0 Å². The van der Waals surface area contributed by atoms with E-state index in [1.807, 2.05) is 39.0 Å². The summed E-state index contributed by atoms with van der Waals surface area (Å²) in [5.74, 6) is 0.102. The summed E-state index contributed by atoms with van der Waals surface area (Å²) in [6.45, 7) is 12.4. The van der Waals surface area contributed by atoms with Crippen LogP contribution in [0.3, 0.4) is 0 Å². The lowest BCUT2D eigenvalue weighted by atomic mass is 10.1. The van der Waals surface area contributed by atoms with E-state index in [0.717, 1.165) is 31.2 Å². The normalized spacial score (nSPS) is 18.7. The van der Waals surface area contributed by atoms with Crippen LogP contribution < -0.4 is 5.32 Å². The number of hydrogen-bond acceptors (Lipinski definition) is 3. The highest BCUT2D eigenvalue weighted by atomic mass is 35.5. The van der Waals surface area contributed by atoms with E-state index in [1.165, 1.54) is 5.56 Å². The molecule has 4 nitrogen and oxygen atoms in total. The van der Waals surface area contributed by atoms with Crippen LogP contribution in [0.2, 0.25) is 5.02 Å². The molecule has 1 heterocycles. The second-order valence-corrected chi connectivity index (χ2v) is 7.71. The largest absolute Gasteiger partial charge is 0.350 e. The van der Waals surface area contributed by atoms with Crippen molar-refractivity contribution in [3.8, 4) is 0 Å². The third-order valence-corrected chi connectivity index (χ3v) is 4.54. The number of halogens is 1. The fourth-order valence-corrected chi connectivity index (χ4v) is 3.27. The van der Waals surface area contributed by atoms with Crippen molar-refractivity contribution in [3.05, 3.63) is 34.9 Å². The van der Waals surface area contributed by atoms with E-state index >= 15 is 0 Å². The van der Waals surface area contributed by atoms with Gasteiger partial charge in [0.2, 0.25) is 5.91 Å². The van der Waals surface area contributed by atoms with Crippen LogP contribution in [0.1, 0.15) is 39.3 Å². The smallest absolute Gasteiger partial charge is 0.234 e. The van der Waals surface area contributed by atoms with Gasteiger partial charge >= 0.3 is 0 Å². The summed E-state index contributed by atoms with van der Waals surface area (Å²) in [5.41, 5.74) is 1.00. The minimum absolute atomic E-state index is 0.102. The van der Waals surface area contributed by atoms with Crippen molar-refractivity contribution in [1.29, 1.82) is 0 Å². The first-order chi connectivity index (χ1) is 10.8. The molecule has 2 rings (SSSR count). The summed E-state index contributed by atoms with van der Waals surface area (Å²) in [4.78, 5) is 16.7. The predicted molar refractivity (Wildman–Crippen MR) is 95.8 cm³/mol. The summed E-state index contributed by atoms with van der Waals surface area (Å²) in [5, 5.41) is 3.85. The highest BCUT2D eigenvalue weighted by molar-refractivity contribution is 6.31. The van der Waals surface area contributed by atoms with Gasteiger partial charge in [-0.15, -0.1) is 0 Å². The Labute approximate surface area is 144 Å². The second-order valence-electron chi connectivity index (χ2n) is 7.31. The van der Waals surface area contributed by atoms with E-state index in [2.05, 4.69) is 28.1 Å². The molecule has 1 unspecified atom stereocenters. The summed E-state index contributed by atoms with van der Waals surface area (Å²) < 4.78 is 0. The first kappa shape index (κ1) is 18.2. The maximum Gasteiger partial charge on any atom is 0.234 e. The molecule has 1 saturated heterocycles. The SMILES string of the molecule is CC(c1ccccc1Cl)N1CCN(CC(=O)NC(C)(C)C)CC1. The van der Waals surface area contributed by atoms with Gasteiger partial charge in [0.25, 0.3) is 0 Å². The number of nitrogens with one attached hydrogen (secondary N) is 1. The van der Waals surface area contributed by atoms with Crippen molar-refractivity contribution in [1.82, 2.24) is 15.1 Å². The minimum atomic E-state index is -0.169. The maximum absolute atomic E-state index is 12.0. The van der Waals surface area contributed by atoms with Gasteiger partial charge in [0.15, 0.2) is 0 Å². The molecule has 0 aromatic heterocycles. The molecule has 0 spiro atoms. The van der Waals surface area contributed by atoms with Gasteiger partial charge in [0.05, 0.1) is 6.54 Å². The van der Waals surface area contributed by atoms with Gasteiger partial charge < -0.3 is 5.32 Å². The van der Waals surface area contributed by atoms with E-state index in [9.17, 15) is 4.79 Å². The summed E-state index contributed by atoms with van der Waals surface area (Å²) in [7, 11) is 0. The van der Waals surface area contributed by atoms with Crippen molar-refractivity contribution in [2.75, 3.05) is 32.7 Å². The molecule has 0 bridgehead atoms. The van der Waals surface area contributed by atoms with Crippen LogP contribution in [-0.4, -0.2) is 54.0 Å². The van der Waals surface area contributed by atoms with Crippen LogP contribution in [0.15, 0.2) is 24.3 Å². The first-order valence-electron chi connectivity index (χ1n) is 8.28. The Morgan fingerprint density at radius 3 is 2.39 bits per heavy atom. The monoisotopic (exact) mass is 337 g/mol. The van der Waals surface area contributed by atoms with E-state index < -0.39 is 0 Å². The predicted octanol–water partition coefficient (Wildman–Crippen LogP) is 2.93. The number of hydrogen-bond donors (Lipinski definition) is 1. The van der Waals surface area contributed by atoms with E-state index in [1.54, 1.807) is 0 Å². The third-order valence-electron chi connectivity index (χ3n) is 4.19. The molecular formula is C18H28ClN3O. The van der Waals surface area contributed by atoms with E-state index in [-0.39, 0.29) is 11.4 Å². The van der Waals surface area contributed by atoms with Crippen LogP contribution in [0.25, 0.3) is 0 Å². The van der Waals surface area contributed by atoms with E-state index in [4.69, 9.17) is 11.6 Å². The van der Waals surface area contributed by atoms with Crippen LogP contribution in [0, 0.1) is 0 Å². The van der Waals surface area contributed by atoms with Gasteiger partial charge in [-0.05, 0) is 39.3 Å². The molecule has 1 N–H and O–H groups in total. The first-order valence-corrected chi connectivity index (χ1v) is 8.66. The molecule has 1 amide bonds. The quantitative estimate of drug-likeness (QED) is 0.917. The molecule has 1 aromatic carbocycles. The zero-order chi connectivity index (χ0) is 17.0. The molecule has 1 aliphatic rings. The lowest BCUT2D eigenvalue weighted by Gasteiger charge is -2.38. The summed E-state index contributed by atoms with van der Waals surface area (Å²) in [6.07, 6.45) is 0. The van der Waals surface area contributed by atoms with Gasteiger partial charge in [-0.3, -0.25) is 14.6 Å². The Hall–Kier alpha value is -1.10. The number of carbonyl (C=O) groups excluding carboxylic acids is 1. The Bertz CT molecular complexity index is 533.